The second-order valence-electron chi connectivity index (χ2n) is 6.79. The molecule has 2 N–H and O–H groups in total. The van der Waals surface area contributed by atoms with Gasteiger partial charge in [0.2, 0.25) is 0 Å². The van der Waals surface area contributed by atoms with Crippen LogP contribution in [0.4, 0.5) is 22.7 Å². The van der Waals surface area contributed by atoms with E-state index in [-0.39, 0.29) is 16.9 Å². The Bertz CT molecular complexity index is 912. The summed E-state index contributed by atoms with van der Waals surface area (Å²) in [6, 6.07) is 11.6. The van der Waals surface area contributed by atoms with Crippen molar-refractivity contribution in [3.63, 3.8) is 0 Å². The molecule has 0 heterocycles. The fourth-order valence-corrected chi connectivity index (χ4v) is 3.01. The average molecular weight is 414 g/mol. The maximum Gasteiger partial charge on any atom is 0.338 e. The summed E-state index contributed by atoms with van der Waals surface area (Å²) in [7, 11) is 1.54. The summed E-state index contributed by atoms with van der Waals surface area (Å²) in [4.78, 5) is 36.9. The number of esters is 1. The lowest BCUT2D eigenvalue weighted by Gasteiger charge is -2.27. The second kappa shape index (κ2) is 10.2. The van der Waals surface area contributed by atoms with Crippen molar-refractivity contribution in [2.24, 2.45) is 0 Å². The molecule has 0 aliphatic rings. The average Bonchev–Trinajstić information content (AvgIpc) is 2.73. The van der Waals surface area contributed by atoms with E-state index in [0.29, 0.717) is 11.7 Å². The van der Waals surface area contributed by atoms with E-state index in [2.05, 4.69) is 36.3 Å². The van der Waals surface area contributed by atoms with Gasteiger partial charge in [-0.3, -0.25) is 14.9 Å². The Morgan fingerprint density at radius 1 is 1.17 bits per heavy atom. The van der Waals surface area contributed by atoms with Crippen molar-refractivity contribution in [3.05, 3.63) is 58.1 Å². The van der Waals surface area contributed by atoms with E-state index >= 15 is 0 Å². The molecule has 0 saturated heterocycles. The predicted octanol–water partition coefficient (Wildman–Crippen LogP) is 3.67. The quantitative estimate of drug-likeness (QED) is 0.366. The third kappa shape index (κ3) is 5.69. The zero-order valence-electron chi connectivity index (χ0n) is 17.5. The van der Waals surface area contributed by atoms with E-state index in [1.54, 1.807) is 19.2 Å². The minimum atomic E-state index is -0.818. The van der Waals surface area contributed by atoms with E-state index in [0.717, 1.165) is 18.3 Å². The lowest BCUT2D eigenvalue weighted by Crippen LogP contribution is -2.30. The van der Waals surface area contributed by atoms with Gasteiger partial charge >= 0.3 is 5.97 Å². The van der Waals surface area contributed by atoms with Gasteiger partial charge in [0.05, 0.1) is 10.5 Å². The third-order valence-corrected chi connectivity index (χ3v) is 4.48. The molecule has 2 aromatic rings. The molecule has 160 valence electrons. The molecule has 2 rings (SSSR count). The molecule has 0 unspecified atom stereocenters. The monoisotopic (exact) mass is 414 g/mol. The lowest BCUT2D eigenvalue weighted by molar-refractivity contribution is -0.384. The van der Waals surface area contributed by atoms with Gasteiger partial charge in [-0.05, 0) is 57.2 Å². The Hall–Kier alpha value is -3.62. The van der Waals surface area contributed by atoms with Crippen LogP contribution in [0.5, 0.6) is 0 Å². The van der Waals surface area contributed by atoms with Crippen LogP contribution in [0.1, 0.15) is 31.1 Å². The van der Waals surface area contributed by atoms with Gasteiger partial charge in [0, 0.05) is 37.1 Å². The van der Waals surface area contributed by atoms with Crippen LogP contribution in [0.25, 0.3) is 0 Å². The molecule has 9 nitrogen and oxygen atoms in total. The molecule has 0 atom stereocenters. The number of nitro groups is 1. The molecule has 30 heavy (non-hydrogen) atoms. The van der Waals surface area contributed by atoms with Crippen LogP contribution in [0.3, 0.4) is 0 Å². The molecule has 0 saturated carbocycles. The first-order valence-electron chi connectivity index (χ1n) is 9.56. The van der Waals surface area contributed by atoms with Crippen molar-refractivity contribution in [2.45, 2.75) is 26.8 Å². The first-order valence-corrected chi connectivity index (χ1v) is 9.56. The summed E-state index contributed by atoms with van der Waals surface area (Å²) in [5, 5.41) is 16.4. The van der Waals surface area contributed by atoms with Crippen molar-refractivity contribution >= 4 is 34.6 Å². The molecule has 1 amide bonds. The van der Waals surface area contributed by atoms with Gasteiger partial charge in [0.15, 0.2) is 6.61 Å². The summed E-state index contributed by atoms with van der Waals surface area (Å²) in [5.74, 6) is -1.32. The van der Waals surface area contributed by atoms with Crippen LogP contribution in [0, 0.1) is 10.1 Å². The van der Waals surface area contributed by atoms with Crippen LogP contribution in [0.15, 0.2) is 42.5 Å². The summed E-state index contributed by atoms with van der Waals surface area (Å²) in [6.07, 6.45) is 0. The number of rotatable bonds is 9. The number of nitrogens with one attached hydrogen (secondary N) is 2. The van der Waals surface area contributed by atoms with E-state index in [9.17, 15) is 19.7 Å². The minimum absolute atomic E-state index is 0.00815. The molecule has 9 heteroatoms. The molecule has 0 spiro atoms. The molecule has 0 fully saturated rings. The van der Waals surface area contributed by atoms with Crippen LogP contribution in [0.2, 0.25) is 0 Å². The van der Waals surface area contributed by atoms with E-state index in [1.807, 2.05) is 12.1 Å². The number of hydrogen-bond donors (Lipinski definition) is 2. The zero-order valence-corrected chi connectivity index (χ0v) is 17.5. The van der Waals surface area contributed by atoms with Crippen molar-refractivity contribution in [3.8, 4) is 0 Å². The van der Waals surface area contributed by atoms with E-state index < -0.39 is 23.4 Å². The summed E-state index contributed by atoms with van der Waals surface area (Å²) in [6.45, 7) is 6.65. The largest absolute Gasteiger partial charge is 0.452 e. The van der Waals surface area contributed by atoms with Crippen molar-refractivity contribution < 1.29 is 19.2 Å². The maximum atomic E-state index is 12.1. The van der Waals surface area contributed by atoms with E-state index in [1.165, 1.54) is 12.1 Å². The van der Waals surface area contributed by atoms with Gasteiger partial charge in [-0.1, -0.05) is 0 Å². The fourth-order valence-electron chi connectivity index (χ4n) is 3.01. The van der Waals surface area contributed by atoms with Crippen LogP contribution in [-0.2, 0) is 9.53 Å². The smallest absolute Gasteiger partial charge is 0.338 e. The number of benzene rings is 2. The van der Waals surface area contributed by atoms with Crippen molar-refractivity contribution in [1.82, 2.24) is 0 Å². The van der Waals surface area contributed by atoms with Crippen LogP contribution >= 0.6 is 0 Å². The number of nitro benzene ring substituents is 1. The highest BCUT2D eigenvalue weighted by Crippen LogP contribution is 2.25. The highest BCUT2D eigenvalue weighted by Gasteiger charge is 2.18. The van der Waals surface area contributed by atoms with Crippen LogP contribution < -0.4 is 15.5 Å². The fraction of sp³-hybridized carbons (Fsp3) is 0.333. The van der Waals surface area contributed by atoms with Gasteiger partial charge < -0.3 is 20.3 Å². The SMILES string of the molecule is CCN(c1ccc(NC(=O)COC(=O)c2ccc(NC)c([N+](=O)[O-])c2)cc1)C(C)C. The molecular weight excluding hydrogens is 388 g/mol. The Balaban J connectivity index is 1.95. The zero-order chi connectivity index (χ0) is 22.3. The number of carbonyl (C=O) groups excluding carboxylic acids is 2. The Morgan fingerprint density at radius 2 is 1.83 bits per heavy atom. The van der Waals surface area contributed by atoms with Gasteiger partial charge in [0.1, 0.15) is 5.69 Å². The number of nitrogens with zero attached hydrogens (tertiary/aromatic N) is 2. The first-order chi connectivity index (χ1) is 14.3. The van der Waals surface area contributed by atoms with Gasteiger partial charge in [-0.15, -0.1) is 0 Å². The van der Waals surface area contributed by atoms with Gasteiger partial charge in [-0.25, -0.2) is 4.79 Å². The Kier molecular flexibility index (Phi) is 7.74. The lowest BCUT2D eigenvalue weighted by atomic mass is 10.1. The Labute approximate surface area is 175 Å². The van der Waals surface area contributed by atoms with Gasteiger partial charge in [0.25, 0.3) is 11.6 Å². The van der Waals surface area contributed by atoms with Gasteiger partial charge in [-0.2, -0.15) is 0 Å². The molecule has 0 bridgehead atoms. The summed E-state index contributed by atoms with van der Waals surface area (Å²) < 4.78 is 4.98. The third-order valence-electron chi connectivity index (χ3n) is 4.48. The van der Waals surface area contributed by atoms with Crippen molar-refractivity contribution in [2.75, 3.05) is 35.7 Å². The van der Waals surface area contributed by atoms with Crippen LogP contribution in [-0.4, -0.2) is 43.0 Å². The number of amides is 1. The number of anilines is 3. The molecule has 2 aromatic carbocycles. The highest BCUT2D eigenvalue weighted by atomic mass is 16.6. The molecule has 0 radical (unpaired) electrons. The number of ether oxygens (including phenoxy) is 1. The Morgan fingerprint density at radius 3 is 2.37 bits per heavy atom. The normalized spacial score (nSPS) is 10.4. The highest BCUT2D eigenvalue weighted by molar-refractivity contribution is 5.96. The molecule has 0 aliphatic carbocycles. The summed E-state index contributed by atoms with van der Waals surface area (Å²) >= 11 is 0. The molecule has 0 aromatic heterocycles. The first kappa shape index (κ1) is 22.7. The minimum Gasteiger partial charge on any atom is -0.452 e. The summed E-state index contributed by atoms with van der Waals surface area (Å²) in [5.41, 5.74) is 1.64. The number of carbonyl (C=O) groups is 2. The maximum absolute atomic E-state index is 12.1. The number of hydrogen-bond acceptors (Lipinski definition) is 7. The second-order valence-corrected chi connectivity index (χ2v) is 6.79. The topological polar surface area (TPSA) is 114 Å². The molecule has 0 aliphatic heterocycles. The van der Waals surface area contributed by atoms with Crippen molar-refractivity contribution in [1.29, 1.82) is 0 Å². The standard InChI is InChI=1S/C21H26N4O5/c1-5-24(14(2)3)17-9-7-16(8-10-17)23-20(26)13-30-21(27)15-6-11-18(22-4)19(12-15)25(28)29/h6-12,14,22H,5,13H2,1-4H3,(H,23,26). The molecular formula is C21H26N4O5. The van der Waals surface area contributed by atoms with E-state index in [4.69, 9.17) is 4.74 Å². The predicted molar refractivity (Wildman–Crippen MR) is 116 cm³/mol.